The number of likely N-dealkylation sites (N-methyl/N-ethyl adjacent to an activating group) is 1. The summed E-state index contributed by atoms with van der Waals surface area (Å²) in [5.41, 5.74) is 0. The van der Waals surface area contributed by atoms with Crippen LogP contribution in [0.25, 0.3) is 0 Å². The fourth-order valence-electron chi connectivity index (χ4n) is 0.912. The summed E-state index contributed by atoms with van der Waals surface area (Å²) in [6, 6.07) is 1.83. The lowest BCUT2D eigenvalue weighted by molar-refractivity contribution is 0.0955. The van der Waals surface area contributed by atoms with Gasteiger partial charge < -0.3 is 10.2 Å². The second kappa shape index (κ2) is 5.48. The predicted molar refractivity (Wildman–Crippen MR) is 62.9 cm³/mol. The summed E-state index contributed by atoms with van der Waals surface area (Å²) in [6.45, 7) is 1.54. The molecule has 0 aliphatic rings. The van der Waals surface area contributed by atoms with Gasteiger partial charge in [-0.1, -0.05) is 0 Å². The standard InChI is InChI=1S/C9H13BrN2OS/c1-12(2)4-3-11-9(13)8-5-7(10)6-14-8/h5-6H,3-4H2,1-2H3,(H,11,13). The van der Waals surface area contributed by atoms with Crippen molar-refractivity contribution >= 4 is 33.2 Å². The molecule has 3 nitrogen and oxygen atoms in total. The number of halogens is 1. The molecule has 0 bridgehead atoms. The van der Waals surface area contributed by atoms with Gasteiger partial charge in [-0.2, -0.15) is 0 Å². The summed E-state index contributed by atoms with van der Waals surface area (Å²) in [5.74, 6) is 0.00236. The SMILES string of the molecule is CN(C)CCNC(=O)c1cc(Br)cs1. The first-order valence-electron chi connectivity index (χ1n) is 4.26. The monoisotopic (exact) mass is 276 g/mol. The minimum Gasteiger partial charge on any atom is -0.350 e. The van der Waals surface area contributed by atoms with E-state index in [9.17, 15) is 4.79 Å². The highest BCUT2D eigenvalue weighted by atomic mass is 79.9. The Kier molecular flexibility index (Phi) is 4.57. The smallest absolute Gasteiger partial charge is 0.261 e. The molecule has 1 amide bonds. The third-order valence-electron chi connectivity index (χ3n) is 1.64. The number of thiophene rings is 1. The van der Waals surface area contributed by atoms with Gasteiger partial charge in [0.1, 0.15) is 0 Å². The Morgan fingerprint density at radius 3 is 2.86 bits per heavy atom. The highest BCUT2D eigenvalue weighted by Gasteiger charge is 2.06. The van der Waals surface area contributed by atoms with Crippen LogP contribution in [-0.4, -0.2) is 38.0 Å². The number of amides is 1. The molecule has 0 atom stereocenters. The number of carbonyl (C=O) groups is 1. The molecule has 0 aliphatic heterocycles. The lowest BCUT2D eigenvalue weighted by Gasteiger charge is -2.09. The van der Waals surface area contributed by atoms with Crippen molar-refractivity contribution in [3.05, 3.63) is 20.8 Å². The summed E-state index contributed by atoms with van der Waals surface area (Å²) in [6.07, 6.45) is 0. The van der Waals surface area contributed by atoms with Gasteiger partial charge in [0.15, 0.2) is 0 Å². The second-order valence-electron chi connectivity index (χ2n) is 3.19. The van der Waals surface area contributed by atoms with E-state index in [0.717, 1.165) is 15.9 Å². The fraction of sp³-hybridized carbons (Fsp3) is 0.444. The van der Waals surface area contributed by atoms with E-state index in [4.69, 9.17) is 0 Å². The Morgan fingerprint density at radius 1 is 1.64 bits per heavy atom. The molecule has 14 heavy (non-hydrogen) atoms. The van der Waals surface area contributed by atoms with Gasteiger partial charge in [-0.3, -0.25) is 4.79 Å². The molecule has 1 aromatic rings. The zero-order chi connectivity index (χ0) is 10.6. The zero-order valence-corrected chi connectivity index (χ0v) is 10.6. The molecule has 1 N–H and O–H groups in total. The fourth-order valence-corrected chi connectivity index (χ4v) is 2.25. The van der Waals surface area contributed by atoms with Gasteiger partial charge in [0.05, 0.1) is 4.88 Å². The molecule has 0 unspecified atom stereocenters. The summed E-state index contributed by atoms with van der Waals surface area (Å²) in [4.78, 5) is 14.3. The van der Waals surface area contributed by atoms with Crippen LogP contribution in [0.2, 0.25) is 0 Å². The van der Waals surface area contributed by atoms with Crippen LogP contribution in [0, 0.1) is 0 Å². The average molecular weight is 277 g/mol. The second-order valence-corrected chi connectivity index (χ2v) is 5.02. The Balaban J connectivity index is 2.36. The molecule has 0 radical (unpaired) electrons. The minimum absolute atomic E-state index is 0.00236. The number of hydrogen-bond acceptors (Lipinski definition) is 3. The van der Waals surface area contributed by atoms with Crippen molar-refractivity contribution in [3.8, 4) is 0 Å². The number of nitrogens with zero attached hydrogens (tertiary/aromatic N) is 1. The van der Waals surface area contributed by atoms with Crippen LogP contribution in [-0.2, 0) is 0 Å². The first-order valence-corrected chi connectivity index (χ1v) is 5.94. The Hall–Kier alpha value is -0.390. The molecular weight excluding hydrogens is 264 g/mol. The molecule has 0 aliphatic carbocycles. The van der Waals surface area contributed by atoms with Crippen molar-refractivity contribution in [1.82, 2.24) is 10.2 Å². The van der Waals surface area contributed by atoms with E-state index >= 15 is 0 Å². The van der Waals surface area contributed by atoms with E-state index in [2.05, 4.69) is 21.2 Å². The summed E-state index contributed by atoms with van der Waals surface area (Å²) < 4.78 is 0.959. The highest BCUT2D eigenvalue weighted by Crippen LogP contribution is 2.19. The van der Waals surface area contributed by atoms with E-state index in [1.54, 1.807) is 0 Å². The van der Waals surface area contributed by atoms with Crippen LogP contribution >= 0.6 is 27.3 Å². The summed E-state index contributed by atoms with van der Waals surface area (Å²) in [7, 11) is 3.96. The van der Waals surface area contributed by atoms with Crippen molar-refractivity contribution in [2.24, 2.45) is 0 Å². The van der Waals surface area contributed by atoms with E-state index in [-0.39, 0.29) is 5.91 Å². The van der Waals surface area contributed by atoms with Crippen LogP contribution in [0.15, 0.2) is 15.9 Å². The molecule has 0 spiro atoms. The quantitative estimate of drug-likeness (QED) is 0.910. The highest BCUT2D eigenvalue weighted by molar-refractivity contribution is 9.10. The van der Waals surface area contributed by atoms with E-state index in [1.165, 1.54) is 11.3 Å². The van der Waals surface area contributed by atoms with E-state index < -0.39 is 0 Å². The molecule has 0 fully saturated rings. The molecule has 1 rings (SSSR count). The largest absolute Gasteiger partial charge is 0.350 e. The third-order valence-corrected chi connectivity index (χ3v) is 3.33. The lowest BCUT2D eigenvalue weighted by Crippen LogP contribution is -2.30. The summed E-state index contributed by atoms with van der Waals surface area (Å²) in [5, 5.41) is 4.76. The number of carbonyl (C=O) groups excluding carboxylic acids is 1. The van der Waals surface area contributed by atoms with Gasteiger partial charge in [-0.25, -0.2) is 0 Å². The molecular formula is C9H13BrN2OS. The minimum atomic E-state index is 0.00236. The van der Waals surface area contributed by atoms with Crippen molar-refractivity contribution in [3.63, 3.8) is 0 Å². The molecule has 78 valence electrons. The van der Waals surface area contributed by atoms with Crippen molar-refractivity contribution in [2.45, 2.75) is 0 Å². The maximum atomic E-state index is 11.5. The first-order chi connectivity index (χ1) is 6.59. The van der Waals surface area contributed by atoms with Gasteiger partial charge in [0, 0.05) is 22.9 Å². The maximum absolute atomic E-state index is 11.5. The molecule has 0 saturated carbocycles. The Bertz CT molecular complexity index is 312. The normalized spacial score (nSPS) is 10.6. The number of rotatable bonds is 4. The van der Waals surface area contributed by atoms with Gasteiger partial charge in [0.2, 0.25) is 0 Å². The van der Waals surface area contributed by atoms with Gasteiger partial charge in [-0.05, 0) is 36.1 Å². The van der Waals surface area contributed by atoms with E-state index in [1.807, 2.05) is 30.4 Å². The maximum Gasteiger partial charge on any atom is 0.261 e. The van der Waals surface area contributed by atoms with Crippen molar-refractivity contribution < 1.29 is 4.79 Å². The Morgan fingerprint density at radius 2 is 2.36 bits per heavy atom. The summed E-state index contributed by atoms with van der Waals surface area (Å²) >= 11 is 4.76. The van der Waals surface area contributed by atoms with Crippen molar-refractivity contribution in [2.75, 3.05) is 27.2 Å². The first kappa shape index (κ1) is 11.7. The number of nitrogens with one attached hydrogen (secondary N) is 1. The molecule has 1 heterocycles. The molecule has 0 saturated heterocycles. The van der Waals surface area contributed by atoms with Crippen LogP contribution in [0.1, 0.15) is 9.67 Å². The lowest BCUT2D eigenvalue weighted by atomic mass is 10.4. The number of hydrogen-bond donors (Lipinski definition) is 1. The van der Waals surface area contributed by atoms with Gasteiger partial charge >= 0.3 is 0 Å². The van der Waals surface area contributed by atoms with Crippen LogP contribution < -0.4 is 5.32 Å². The molecule has 0 aromatic carbocycles. The van der Waals surface area contributed by atoms with Crippen molar-refractivity contribution in [1.29, 1.82) is 0 Å². The molecule has 1 aromatic heterocycles. The van der Waals surface area contributed by atoms with Crippen LogP contribution in [0.3, 0.4) is 0 Å². The van der Waals surface area contributed by atoms with Crippen LogP contribution in [0.5, 0.6) is 0 Å². The molecule has 5 heteroatoms. The zero-order valence-electron chi connectivity index (χ0n) is 8.21. The van der Waals surface area contributed by atoms with Gasteiger partial charge in [-0.15, -0.1) is 11.3 Å². The topological polar surface area (TPSA) is 32.3 Å². The van der Waals surface area contributed by atoms with E-state index in [0.29, 0.717) is 6.54 Å². The Labute approximate surface area is 96.2 Å². The average Bonchev–Trinajstić information content (AvgIpc) is 2.51. The third kappa shape index (κ3) is 3.77. The predicted octanol–water partition coefficient (Wildman–Crippen LogP) is 1.80. The van der Waals surface area contributed by atoms with Gasteiger partial charge in [0.25, 0.3) is 5.91 Å². The van der Waals surface area contributed by atoms with Crippen LogP contribution in [0.4, 0.5) is 0 Å².